The average Bonchev–Trinajstić information content (AvgIpc) is 2.58. The summed E-state index contributed by atoms with van der Waals surface area (Å²) >= 11 is 2.01. The van der Waals surface area contributed by atoms with E-state index in [0.717, 1.165) is 11.2 Å². The van der Waals surface area contributed by atoms with E-state index in [1.54, 1.807) is 0 Å². The van der Waals surface area contributed by atoms with Crippen molar-refractivity contribution >= 4 is 11.8 Å². The quantitative estimate of drug-likeness (QED) is 0.530. The first kappa shape index (κ1) is 11.3. The molecule has 1 fully saturated rings. The molecule has 0 spiro atoms. The van der Waals surface area contributed by atoms with E-state index in [1.165, 1.54) is 31.4 Å². The minimum absolute atomic E-state index is 0.537. The van der Waals surface area contributed by atoms with Gasteiger partial charge in [-0.05, 0) is 24.0 Å². The molecule has 0 amide bonds. The molecule has 78 valence electrons. The Labute approximate surface area is 86.0 Å². The molecule has 0 bridgehead atoms. The number of nitrogens with one attached hydrogen (secondary N) is 1. The zero-order valence-electron chi connectivity index (χ0n) is 8.75. The molecule has 0 aromatic rings. The van der Waals surface area contributed by atoms with Crippen molar-refractivity contribution < 1.29 is 0 Å². The molecule has 2 nitrogen and oxygen atoms in total. The molecule has 1 saturated carbocycles. The van der Waals surface area contributed by atoms with E-state index >= 15 is 0 Å². The molecular weight excluding hydrogens is 180 g/mol. The van der Waals surface area contributed by atoms with Gasteiger partial charge in [0.05, 0.1) is 0 Å². The lowest BCUT2D eigenvalue weighted by Gasteiger charge is -2.22. The van der Waals surface area contributed by atoms with E-state index in [9.17, 15) is 0 Å². The van der Waals surface area contributed by atoms with Crippen molar-refractivity contribution in [3.63, 3.8) is 0 Å². The largest absolute Gasteiger partial charge is 0.271 e. The van der Waals surface area contributed by atoms with Crippen molar-refractivity contribution in [1.82, 2.24) is 5.43 Å². The van der Waals surface area contributed by atoms with E-state index in [-0.39, 0.29) is 0 Å². The molecule has 1 rings (SSSR count). The van der Waals surface area contributed by atoms with Crippen LogP contribution in [0.15, 0.2) is 0 Å². The summed E-state index contributed by atoms with van der Waals surface area (Å²) in [4.78, 5) is 0. The second-order valence-electron chi connectivity index (χ2n) is 4.20. The van der Waals surface area contributed by atoms with Crippen LogP contribution < -0.4 is 11.3 Å². The molecule has 0 aliphatic heterocycles. The van der Waals surface area contributed by atoms with Gasteiger partial charge < -0.3 is 0 Å². The van der Waals surface area contributed by atoms with Crippen LogP contribution in [-0.4, -0.2) is 17.0 Å². The highest BCUT2D eigenvalue weighted by atomic mass is 32.2. The van der Waals surface area contributed by atoms with Crippen molar-refractivity contribution in [3.8, 4) is 0 Å². The van der Waals surface area contributed by atoms with Crippen LogP contribution in [0.4, 0.5) is 0 Å². The van der Waals surface area contributed by atoms with E-state index in [1.807, 2.05) is 11.8 Å². The number of hydrazine groups is 1. The van der Waals surface area contributed by atoms with Gasteiger partial charge in [0.1, 0.15) is 0 Å². The van der Waals surface area contributed by atoms with Crippen LogP contribution in [0, 0.1) is 5.92 Å². The van der Waals surface area contributed by atoms with Gasteiger partial charge in [-0.2, -0.15) is 11.8 Å². The minimum Gasteiger partial charge on any atom is -0.271 e. The maximum atomic E-state index is 5.58. The highest BCUT2D eigenvalue weighted by Gasteiger charge is 2.23. The summed E-state index contributed by atoms with van der Waals surface area (Å²) in [5, 5.41) is 0.720. The molecule has 0 heterocycles. The standard InChI is InChI=1S/C10H22N2S/c1-8(2)13-7-10(12-11)9-5-3-4-6-9/h8-10,12H,3-7,11H2,1-2H3. The molecular formula is C10H22N2S. The fourth-order valence-electron chi connectivity index (χ4n) is 1.98. The Bertz CT molecular complexity index is 133. The fraction of sp³-hybridized carbons (Fsp3) is 1.00. The maximum absolute atomic E-state index is 5.58. The molecule has 1 aliphatic carbocycles. The Hall–Kier alpha value is 0.270. The number of hydrogen-bond donors (Lipinski definition) is 2. The van der Waals surface area contributed by atoms with Gasteiger partial charge in [0.25, 0.3) is 0 Å². The van der Waals surface area contributed by atoms with Gasteiger partial charge >= 0.3 is 0 Å². The molecule has 1 unspecified atom stereocenters. The third kappa shape index (κ3) is 3.88. The van der Waals surface area contributed by atoms with Crippen molar-refractivity contribution in [3.05, 3.63) is 0 Å². The Morgan fingerprint density at radius 2 is 2.00 bits per heavy atom. The summed E-state index contributed by atoms with van der Waals surface area (Å²) in [6, 6.07) is 0.537. The predicted molar refractivity (Wildman–Crippen MR) is 60.7 cm³/mol. The zero-order valence-corrected chi connectivity index (χ0v) is 9.57. The number of rotatable bonds is 5. The van der Waals surface area contributed by atoms with Crippen LogP contribution in [0.3, 0.4) is 0 Å². The fourth-order valence-corrected chi connectivity index (χ4v) is 2.94. The van der Waals surface area contributed by atoms with Crippen LogP contribution in [0.2, 0.25) is 0 Å². The van der Waals surface area contributed by atoms with Gasteiger partial charge in [0.2, 0.25) is 0 Å². The van der Waals surface area contributed by atoms with Gasteiger partial charge in [-0.25, -0.2) is 0 Å². The third-order valence-electron chi connectivity index (χ3n) is 2.79. The van der Waals surface area contributed by atoms with E-state index in [4.69, 9.17) is 5.84 Å². The first-order valence-electron chi connectivity index (χ1n) is 5.31. The second-order valence-corrected chi connectivity index (χ2v) is 5.81. The van der Waals surface area contributed by atoms with Crippen LogP contribution in [0.1, 0.15) is 39.5 Å². The molecule has 1 atom stereocenters. The highest BCUT2D eigenvalue weighted by molar-refractivity contribution is 7.99. The lowest BCUT2D eigenvalue weighted by molar-refractivity contribution is 0.393. The van der Waals surface area contributed by atoms with E-state index in [2.05, 4.69) is 19.3 Å². The topological polar surface area (TPSA) is 38.0 Å². The Kier molecular flexibility index (Phi) is 5.14. The van der Waals surface area contributed by atoms with Crippen LogP contribution >= 0.6 is 11.8 Å². The maximum Gasteiger partial charge on any atom is 0.0329 e. The average molecular weight is 202 g/mol. The van der Waals surface area contributed by atoms with Crippen LogP contribution in [0.25, 0.3) is 0 Å². The minimum atomic E-state index is 0.537. The SMILES string of the molecule is CC(C)SCC(NN)C1CCCC1. The molecule has 1 aliphatic rings. The Balaban J connectivity index is 2.24. The molecule has 0 aromatic carbocycles. The summed E-state index contributed by atoms with van der Waals surface area (Å²) in [6.07, 6.45) is 5.53. The smallest absolute Gasteiger partial charge is 0.0329 e. The second kappa shape index (κ2) is 5.89. The van der Waals surface area contributed by atoms with Crippen molar-refractivity contribution in [2.24, 2.45) is 11.8 Å². The summed E-state index contributed by atoms with van der Waals surface area (Å²) in [5.41, 5.74) is 2.98. The predicted octanol–water partition coefficient (Wildman–Crippen LogP) is 2.15. The lowest BCUT2D eigenvalue weighted by atomic mass is 10.0. The Morgan fingerprint density at radius 3 is 2.46 bits per heavy atom. The first-order valence-corrected chi connectivity index (χ1v) is 6.36. The van der Waals surface area contributed by atoms with Crippen LogP contribution in [0.5, 0.6) is 0 Å². The zero-order chi connectivity index (χ0) is 9.68. The van der Waals surface area contributed by atoms with E-state index in [0.29, 0.717) is 6.04 Å². The molecule has 3 heteroatoms. The van der Waals surface area contributed by atoms with Gasteiger partial charge in [0, 0.05) is 11.8 Å². The van der Waals surface area contributed by atoms with Crippen LogP contribution in [-0.2, 0) is 0 Å². The van der Waals surface area contributed by atoms with E-state index < -0.39 is 0 Å². The monoisotopic (exact) mass is 202 g/mol. The molecule has 0 aromatic heterocycles. The normalized spacial score (nSPS) is 21.2. The summed E-state index contributed by atoms with van der Waals surface area (Å²) < 4.78 is 0. The number of hydrogen-bond acceptors (Lipinski definition) is 3. The molecule has 13 heavy (non-hydrogen) atoms. The number of thioether (sulfide) groups is 1. The van der Waals surface area contributed by atoms with Gasteiger partial charge in [0.15, 0.2) is 0 Å². The highest BCUT2D eigenvalue weighted by Crippen LogP contribution is 2.29. The number of nitrogens with two attached hydrogens (primary N) is 1. The first-order chi connectivity index (χ1) is 6.24. The summed E-state index contributed by atoms with van der Waals surface area (Å²) in [6.45, 7) is 4.49. The van der Waals surface area contributed by atoms with Crippen molar-refractivity contribution in [2.45, 2.75) is 50.8 Å². The van der Waals surface area contributed by atoms with Gasteiger partial charge in [-0.1, -0.05) is 26.7 Å². The van der Waals surface area contributed by atoms with Gasteiger partial charge in [-0.15, -0.1) is 0 Å². The Morgan fingerprint density at radius 1 is 1.38 bits per heavy atom. The summed E-state index contributed by atoms with van der Waals surface area (Å²) in [5.74, 6) is 7.57. The third-order valence-corrected chi connectivity index (χ3v) is 4.01. The van der Waals surface area contributed by atoms with Gasteiger partial charge in [-0.3, -0.25) is 11.3 Å². The van der Waals surface area contributed by atoms with Crippen molar-refractivity contribution in [2.75, 3.05) is 5.75 Å². The van der Waals surface area contributed by atoms with Crippen molar-refractivity contribution in [1.29, 1.82) is 0 Å². The molecule has 0 saturated heterocycles. The molecule has 3 N–H and O–H groups in total. The summed E-state index contributed by atoms with van der Waals surface area (Å²) in [7, 11) is 0. The molecule has 0 radical (unpaired) electrons. The lowest BCUT2D eigenvalue weighted by Crippen LogP contribution is -2.42.